The summed E-state index contributed by atoms with van der Waals surface area (Å²) < 4.78 is 4.64. The van der Waals surface area contributed by atoms with E-state index in [1.54, 1.807) is 6.08 Å². The van der Waals surface area contributed by atoms with Gasteiger partial charge >= 0.3 is 5.97 Å². The van der Waals surface area contributed by atoms with Gasteiger partial charge in [-0.2, -0.15) is 0 Å². The molecule has 0 bridgehead atoms. The van der Waals surface area contributed by atoms with E-state index in [2.05, 4.69) is 11.3 Å². The monoisotopic (exact) mass is 202 g/mol. The Bertz CT molecular complexity index is 403. The van der Waals surface area contributed by atoms with Crippen LogP contribution in [0.4, 0.5) is 0 Å². The Hall–Kier alpha value is -1.83. The van der Waals surface area contributed by atoms with E-state index >= 15 is 0 Å². The van der Waals surface area contributed by atoms with Crippen molar-refractivity contribution in [3.05, 3.63) is 53.6 Å². The van der Waals surface area contributed by atoms with Crippen molar-refractivity contribution in [3.8, 4) is 0 Å². The molecule has 1 rings (SSSR count). The van der Waals surface area contributed by atoms with Crippen LogP contribution in [0.25, 0.3) is 6.08 Å². The van der Waals surface area contributed by atoms with Crippen molar-refractivity contribution in [1.29, 1.82) is 0 Å². The van der Waals surface area contributed by atoms with E-state index in [1.165, 1.54) is 13.2 Å². The minimum Gasteiger partial charge on any atom is -0.465 e. The molecule has 0 radical (unpaired) electrons. The van der Waals surface area contributed by atoms with Gasteiger partial charge < -0.3 is 4.74 Å². The third-order valence-corrected chi connectivity index (χ3v) is 2.14. The highest BCUT2D eigenvalue weighted by Gasteiger charge is 2.05. The van der Waals surface area contributed by atoms with Crippen LogP contribution in [0.1, 0.15) is 11.1 Å². The number of esters is 1. The van der Waals surface area contributed by atoms with Crippen LogP contribution in [0.5, 0.6) is 0 Å². The third-order valence-electron chi connectivity index (χ3n) is 2.14. The largest absolute Gasteiger partial charge is 0.465 e. The van der Waals surface area contributed by atoms with Gasteiger partial charge in [-0.15, -0.1) is 0 Å². The van der Waals surface area contributed by atoms with E-state index < -0.39 is 0 Å². The van der Waals surface area contributed by atoms with E-state index in [4.69, 9.17) is 0 Å². The minimum atomic E-state index is -0.367. The molecule has 1 aromatic rings. The van der Waals surface area contributed by atoms with Gasteiger partial charge in [0.2, 0.25) is 0 Å². The van der Waals surface area contributed by atoms with E-state index in [0.717, 1.165) is 11.1 Å². The molecule has 0 aliphatic heterocycles. The van der Waals surface area contributed by atoms with Gasteiger partial charge in [-0.25, -0.2) is 4.79 Å². The molecule has 15 heavy (non-hydrogen) atoms. The Morgan fingerprint density at radius 2 is 2.07 bits per heavy atom. The molecule has 0 aromatic heterocycles. The topological polar surface area (TPSA) is 26.3 Å². The average molecular weight is 202 g/mol. The smallest absolute Gasteiger partial charge is 0.337 e. The van der Waals surface area contributed by atoms with Gasteiger partial charge in [-0.3, -0.25) is 0 Å². The molecule has 1 aromatic carbocycles. The lowest BCUT2D eigenvalue weighted by atomic mass is 10.1. The molecule has 0 heterocycles. The standard InChI is InChI=1S/C13H14O2/c1-4-11(13(14)15-3)9-12-8-6-5-7-10(12)2/h4-9H,1H2,2-3H3/b11-9+. The van der Waals surface area contributed by atoms with Gasteiger partial charge in [0.05, 0.1) is 12.7 Å². The van der Waals surface area contributed by atoms with E-state index in [0.29, 0.717) is 5.57 Å². The van der Waals surface area contributed by atoms with Crippen LogP contribution in [0.15, 0.2) is 42.5 Å². The number of ether oxygens (including phenoxy) is 1. The lowest BCUT2D eigenvalue weighted by Gasteiger charge is -2.02. The lowest BCUT2D eigenvalue weighted by molar-refractivity contribution is -0.135. The normalized spacial score (nSPS) is 10.9. The molecule has 0 spiro atoms. The molecular weight excluding hydrogens is 188 g/mol. The molecule has 0 saturated carbocycles. The van der Waals surface area contributed by atoms with Crippen LogP contribution in [0.3, 0.4) is 0 Å². The van der Waals surface area contributed by atoms with Crippen LogP contribution in [-0.4, -0.2) is 13.1 Å². The second-order valence-electron chi connectivity index (χ2n) is 3.15. The Labute approximate surface area is 89.9 Å². The summed E-state index contributed by atoms with van der Waals surface area (Å²) in [6.07, 6.45) is 3.27. The molecule has 0 amide bonds. The van der Waals surface area contributed by atoms with Crippen LogP contribution >= 0.6 is 0 Å². The van der Waals surface area contributed by atoms with Crippen molar-refractivity contribution >= 4 is 12.0 Å². The molecule has 0 atom stereocenters. The predicted molar refractivity (Wildman–Crippen MR) is 61.4 cm³/mol. The second kappa shape index (κ2) is 5.15. The number of hydrogen-bond acceptors (Lipinski definition) is 2. The third kappa shape index (κ3) is 2.81. The Balaban J connectivity index is 3.09. The van der Waals surface area contributed by atoms with Gasteiger partial charge in [0, 0.05) is 0 Å². The van der Waals surface area contributed by atoms with Crippen LogP contribution < -0.4 is 0 Å². The number of carbonyl (C=O) groups excluding carboxylic acids is 1. The van der Waals surface area contributed by atoms with Crippen molar-refractivity contribution in [2.24, 2.45) is 0 Å². The fraction of sp³-hybridized carbons (Fsp3) is 0.154. The summed E-state index contributed by atoms with van der Waals surface area (Å²) >= 11 is 0. The quantitative estimate of drug-likeness (QED) is 0.428. The van der Waals surface area contributed by atoms with Gasteiger partial charge in [0.1, 0.15) is 0 Å². The Morgan fingerprint density at radius 1 is 1.40 bits per heavy atom. The zero-order valence-corrected chi connectivity index (χ0v) is 8.99. The zero-order chi connectivity index (χ0) is 11.3. The minimum absolute atomic E-state index is 0.367. The number of rotatable bonds is 3. The second-order valence-corrected chi connectivity index (χ2v) is 3.15. The Kier molecular flexibility index (Phi) is 3.86. The summed E-state index contributed by atoms with van der Waals surface area (Å²) in [5, 5.41) is 0. The molecule has 0 unspecified atom stereocenters. The van der Waals surface area contributed by atoms with Crippen LogP contribution in [0.2, 0.25) is 0 Å². The number of benzene rings is 1. The molecule has 2 heteroatoms. The fourth-order valence-corrected chi connectivity index (χ4v) is 1.24. The zero-order valence-electron chi connectivity index (χ0n) is 8.99. The molecule has 2 nitrogen and oxygen atoms in total. The number of hydrogen-bond donors (Lipinski definition) is 0. The summed E-state index contributed by atoms with van der Waals surface area (Å²) in [7, 11) is 1.36. The first-order chi connectivity index (χ1) is 7.19. The van der Waals surface area contributed by atoms with Crippen molar-refractivity contribution in [2.75, 3.05) is 7.11 Å². The molecular formula is C13H14O2. The molecule has 78 valence electrons. The maximum atomic E-state index is 11.3. The van der Waals surface area contributed by atoms with E-state index in [9.17, 15) is 4.79 Å². The highest BCUT2D eigenvalue weighted by Crippen LogP contribution is 2.13. The van der Waals surface area contributed by atoms with Crippen molar-refractivity contribution in [2.45, 2.75) is 6.92 Å². The van der Waals surface area contributed by atoms with E-state index in [1.807, 2.05) is 31.2 Å². The summed E-state index contributed by atoms with van der Waals surface area (Å²) in [6.45, 7) is 5.58. The van der Waals surface area contributed by atoms with Gasteiger partial charge in [-0.05, 0) is 24.1 Å². The highest BCUT2D eigenvalue weighted by atomic mass is 16.5. The summed E-state index contributed by atoms with van der Waals surface area (Å²) in [4.78, 5) is 11.3. The molecule has 0 N–H and O–H groups in total. The molecule has 0 aliphatic carbocycles. The molecule has 0 fully saturated rings. The SMILES string of the molecule is C=C/C(=C\c1ccccc1C)C(=O)OC. The van der Waals surface area contributed by atoms with Gasteiger partial charge in [0.25, 0.3) is 0 Å². The summed E-state index contributed by atoms with van der Waals surface area (Å²) in [5.41, 5.74) is 2.57. The fourth-order valence-electron chi connectivity index (χ4n) is 1.24. The maximum Gasteiger partial charge on any atom is 0.337 e. The van der Waals surface area contributed by atoms with Gasteiger partial charge in [0.15, 0.2) is 0 Å². The first-order valence-electron chi connectivity index (χ1n) is 4.67. The maximum absolute atomic E-state index is 11.3. The van der Waals surface area contributed by atoms with Gasteiger partial charge in [-0.1, -0.05) is 36.9 Å². The average Bonchev–Trinajstić information content (AvgIpc) is 2.27. The summed E-state index contributed by atoms with van der Waals surface area (Å²) in [5.74, 6) is -0.367. The number of carbonyl (C=O) groups is 1. The first-order valence-corrected chi connectivity index (χ1v) is 4.67. The molecule has 0 aliphatic rings. The first kappa shape index (κ1) is 11.2. The highest BCUT2D eigenvalue weighted by molar-refractivity contribution is 5.96. The van der Waals surface area contributed by atoms with Crippen molar-refractivity contribution in [1.82, 2.24) is 0 Å². The Morgan fingerprint density at radius 3 is 2.60 bits per heavy atom. The van der Waals surface area contributed by atoms with Crippen LogP contribution in [-0.2, 0) is 9.53 Å². The van der Waals surface area contributed by atoms with Crippen molar-refractivity contribution < 1.29 is 9.53 Å². The summed E-state index contributed by atoms with van der Waals surface area (Å²) in [6, 6.07) is 7.82. The van der Waals surface area contributed by atoms with E-state index in [-0.39, 0.29) is 5.97 Å². The molecule has 0 saturated heterocycles. The predicted octanol–water partition coefficient (Wildman–Crippen LogP) is 2.74. The lowest BCUT2D eigenvalue weighted by Crippen LogP contribution is -2.02. The number of aryl methyl sites for hydroxylation is 1. The van der Waals surface area contributed by atoms with Crippen LogP contribution in [0, 0.1) is 6.92 Å². The van der Waals surface area contributed by atoms with Crippen molar-refractivity contribution in [3.63, 3.8) is 0 Å². The number of methoxy groups -OCH3 is 1.